The lowest BCUT2D eigenvalue weighted by molar-refractivity contribution is -0.151. The highest BCUT2D eigenvalue weighted by atomic mass is 16.5. The Hall–Kier alpha value is -2.08. The van der Waals surface area contributed by atoms with E-state index in [1.165, 1.54) is 12.0 Å². The van der Waals surface area contributed by atoms with Gasteiger partial charge in [0.15, 0.2) is 0 Å². The molecule has 114 valence electrons. The molecule has 2 rings (SSSR count). The number of phenols is 1. The van der Waals surface area contributed by atoms with Gasteiger partial charge < -0.3 is 20.5 Å². The number of carbonyl (C=O) groups is 2. The molecule has 1 aliphatic rings. The number of aromatic hydroxyl groups is 1. The zero-order chi connectivity index (χ0) is 15.4. The van der Waals surface area contributed by atoms with Gasteiger partial charge in [-0.2, -0.15) is 0 Å². The van der Waals surface area contributed by atoms with Crippen molar-refractivity contribution in [1.29, 1.82) is 0 Å². The molecule has 0 radical (unpaired) electrons. The van der Waals surface area contributed by atoms with Crippen LogP contribution >= 0.6 is 0 Å². The van der Waals surface area contributed by atoms with Gasteiger partial charge in [0.05, 0.1) is 13.2 Å². The molecule has 6 nitrogen and oxygen atoms in total. The van der Waals surface area contributed by atoms with Gasteiger partial charge >= 0.3 is 5.97 Å². The molecule has 1 amide bonds. The molecule has 0 spiro atoms. The molecule has 1 aromatic carbocycles. The number of hydrogen-bond donors (Lipinski definition) is 2. The standard InChI is InChI=1S/C15H20N2O4/c1-21-15(20)13-3-2-8-17(13)14(19)12(16)9-10-4-6-11(18)7-5-10/h4-7,12-13,18H,2-3,8-9,16H2,1H3/t12-,13?/m0/s1. The second kappa shape index (κ2) is 6.58. The van der Waals surface area contributed by atoms with E-state index in [1.807, 2.05) is 0 Å². The Morgan fingerprint density at radius 3 is 2.71 bits per heavy atom. The first-order valence-electron chi connectivity index (χ1n) is 6.94. The van der Waals surface area contributed by atoms with Crippen LogP contribution in [-0.4, -0.2) is 47.6 Å². The fraction of sp³-hybridized carbons (Fsp3) is 0.467. The van der Waals surface area contributed by atoms with Crippen LogP contribution in [0.3, 0.4) is 0 Å². The molecular formula is C15H20N2O4. The molecule has 0 saturated carbocycles. The van der Waals surface area contributed by atoms with Gasteiger partial charge in [0.25, 0.3) is 0 Å². The number of rotatable bonds is 4. The first kappa shape index (κ1) is 15.3. The Kier molecular flexibility index (Phi) is 4.80. The summed E-state index contributed by atoms with van der Waals surface area (Å²) in [6, 6.07) is 5.33. The second-order valence-corrected chi connectivity index (χ2v) is 5.19. The van der Waals surface area contributed by atoms with Gasteiger partial charge in [-0.25, -0.2) is 4.79 Å². The number of carbonyl (C=O) groups excluding carboxylic acids is 2. The molecule has 1 saturated heterocycles. The number of esters is 1. The molecule has 0 aliphatic carbocycles. The van der Waals surface area contributed by atoms with Crippen LogP contribution in [0.1, 0.15) is 18.4 Å². The fourth-order valence-electron chi connectivity index (χ4n) is 2.60. The van der Waals surface area contributed by atoms with Crippen molar-refractivity contribution in [3.8, 4) is 5.75 Å². The third-order valence-electron chi connectivity index (χ3n) is 3.72. The van der Waals surface area contributed by atoms with Gasteiger partial charge in [-0.3, -0.25) is 4.79 Å². The summed E-state index contributed by atoms with van der Waals surface area (Å²) in [5.74, 6) is -0.461. The lowest BCUT2D eigenvalue weighted by Gasteiger charge is -2.25. The Labute approximate surface area is 123 Å². The number of phenolic OH excluding ortho intramolecular Hbond substituents is 1. The van der Waals surface area contributed by atoms with Crippen LogP contribution in [0.5, 0.6) is 5.75 Å². The van der Waals surface area contributed by atoms with Crippen molar-refractivity contribution < 1.29 is 19.4 Å². The Balaban J connectivity index is 2.01. The zero-order valence-electron chi connectivity index (χ0n) is 12.0. The summed E-state index contributed by atoms with van der Waals surface area (Å²) < 4.78 is 4.72. The third-order valence-corrected chi connectivity index (χ3v) is 3.72. The molecule has 0 aromatic heterocycles. The number of nitrogens with zero attached hydrogens (tertiary/aromatic N) is 1. The number of nitrogens with two attached hydrogens (primary N) is 1. The van der Waals surface area contributed by atoms with Gasteiger partial charge in [0.1, 0.15) is 11.8 Å². The van der Waals surface area contributed by atoms with Crippen LogP contribution in [0, 0.1) is 0 Å². The van der Waals surface area contributed by atoms with Crippen LogP contribution in [0.4, 0.5) is 0 Å². The maximum absolute atomic E-state index is 12.4. The predicted octanol–water partition coefficient (Wildman–Crippen LogP) is 0.426. The molecule has 1 unspecified atom stereocenters. The third kappa shape index (κ3) is 3.52. The van der Waals surface area contributed by atoms with E-state index in [9.17, 15) is 14.7 Å². The molecule has 0 bridgehead atoms. The van der Waals surface area contributed by atoms with Crippen LogP contribution in [0.2, 0.25) is 0 Å². The summed E-state index contributed by atoms with van der Waals surface area (Å²) in [7, 11) is 1.32. The minimum absolute atomic E-state index is 0.170. The van der Waals surface area contributed by atoms with Crippen molar-refractivity contribution in [2.24, 2.45) is 5.73 Å². The van der Waals surface area contributed by atoms with Gasteiger partial charge in [0, 0.05) is 6.54 Å². The van der Waals surface area contributed by atoms with E-state index in [-0.39, 0.29) is 11.7 Å². The normalized spacial score (nSPS) is 19.3. The lowest BCUT2D eigenvalue weighted by Crippen LogP contribution is -2.49. The van der Waals surface area contributed by atoms with Crippen molar-refractivity contribution in [3.05, 3.63) is 29.8 Å². The summed E-state index contributed by atoms with van der Waals surface area (Å²) in [6.45, 7) is 0.530. The number of hydrogen-bond acceptors (Lipinski definition) is 5. The van der Waals surface area contributed by atoms with Gasteiger partial charge in [-0.05, 0) is 37.0 Å². The second-order valence-electron chi connectivity index (χ2n) is 5.19. The minimum Gasteiger partial charge on any atom is -0.508 e. The molecular weight excluding hydrogens is 272 g/mol. The number of ether oxygens (including phenoxy) is 1. The van der Waals surface area contributed by atoms with Crippen LogP contribution in [0.25, 0.3) is 0 Å². The summed E-state index contributed by atoms with van der Waals surface area (Å²) in [6.07, 6.45) is 1.76. The van der Waals surface area contributed by atoms with Crippen molar-refractivity contribution in [2.75, 3.05) is 13.7 Å². The van der Waals surface area contributed by atoms with E-state index < -0.39 is 18.1 Å². The quantitative estimate of drug-likeness (QED) is 0.785. The largest absolute Gasteiger partial charge is 0.508 e. The Morgan fingerprint density at radius 2 is 2.10 bits per heavy atom. The van der Waals surface area contributed by atoms with E-state index in [4.69, 9.17) is 10.5 Å². The first-order valence-corrected chi connectivity index (χ1v) is 6.94. The van der Waals surface area contributed by atoms with E-state index in [1.54, 1.807) is 24.3 Å². The molecule has 3 N–H and O–H groups in total. The lowest BCUT2D eigenvalue weighted by atomic mass is 10.0. The van der Waals surface area contributed by atoms with E-state index >= 15 is 0 Å². The zero-order valence-corrected chi connectivity index (χ0v) is 12.0. The number of methoxy groups -OCH3 is 1. The molecule has 1 heterocycles. The monoisotopic (exact) mass is 292 g/mol. The highest BCUT2D eigenvalue weighted by molar-refractivity contribution is 5.88. The predicted molar refractivity (Wildman–Crippen MR) is 76.5 cm³/mol. The van der Waals surface area contributed by atoms with Gasteiger partial charge in [-0.1, -0.05) is 12.1 Å². The Morgan fingerprint density at radius 1 is 1.43 bits per heavy atom. The van der Waals surface area contributed by atoms with Crippen molar-refractivity contribution >= 4 is 11.9 Å². The molecule has 1 fully saturated rings. The van der Waals surface area contributed by atoms with Crippen molar-refractivity contribution in [3.63, 3.8) is 0 Å². The van der Waals surface area contributed by atoms with Crippen molar-refractivity contribution in [2.45, 2.75) is 31.3 Å². The van der Waals surface area contributed by atoms with Crippen LogP contribution in [0.15, 0.2) is 24.3 Å². The van der Waals surface area contributed by atoms with E-state index in [0.29, 0.717) is 19.4 Å². The van der Waals surface area contributed by atoms with Crippen LogP contribution in [-0.2, 0) is 20.7 Å². The molecule has 1 aromatic rings. The van der Waals surface area contributed by atoms with Gasteiger partial charge in [-0.15, -0.1) is 0 Å². The molecule has 1 aliphatic heterocycles. The van der Waals surface area contributed by atoms with Crippen LogP contribution < -0.4 is 5.73 Å². The average Bonchev–Trinajstić information content (AvgIpc) is 2.97. The number of likely N-dealkylation sites (tertiary alicyclic amines) is 1. The summed E-state index contributed by atoms with van der Waals surface area (Å²) in [4.78, 5) is 25.6. The topological polar surface area (TPSA) is 92.9 Å². The molecule has 2 atom stereocenters. The highest BCUT2D eigenvalue weighted by Gasteiger charge is 2.36. The number of amides is 1. The molecule has 21 heavy (non-hydrogen) atoms. The minimum atomic E-state index is -0.709. The maximum atomic E-state index is 12.4. The van der Waals surface area contributed by atoms with Gasteiger partial charge in [0.2, 0.25) is 5.91 Å². The summed E-state index contributed by atoms with van der Waals surface area (Å²) in [5, 5.41) is 9.24. The SMILES string of the molecule is COC(=O)C1CCCN1C(=O)[C@@H](N)Cc1ccc(O)cc1. The Bertz CT molecular complexity index is 515. The maximum Gasteiger partial charge on any atom is 0.328 e. The van der Waals surface area contributed by atoms with E-state index in [2.05, 4.69) is 0 Å². The fourth-order valence-corrected chi connectivity index (χ4v) is 2.60. The van der Waals surface area contributed by atoms with E-state index in [0.717, 1.165) is 12.0 Å². The number of benzene rings is 1. The first-order chi connectivity index (χ1) is 10.0. The van der Waals surface area contributed by atoms with Crippen molar-refractivity contribution in [1.82, 2.24) is 4.90 Å². The smallest absolute Gasteiger partial charge is 0.328 e. The summed E-state index contributed by atoms with van der Waals surface area (Å²) in [5.41, 5.74) is 6.83. The molecule has 6 heteroatoms. The summed E-state index contributed by atoms with van der Waals surface area (Å²) >= 11 is 0. The average molecular weight is 292 g/mol. The highest BCUT2D eigenvalue weighted by Crippen LogP contribution is 2.20.